The summed E-state index contributed by atoms with van der Waals surface area (Å²) in [6, 6.07) is 11.5. The SMILES string of the molecule is C=C(C)C(=O)OCCOc1cc(C)ccc1-c1ccc(OC(=O)C(=C)C)c(SC)c1. The Morgan fingerprint density at radius 1 is 0.933 bits per heavy atom. The smallest absolute Gasteiger partial charge is 0.338 e. The van der Waals surface area contributed by atoms with E-state index in [2.05, 4.69) is 13.2 Å². The topological polar surface area (TPSA) is 61.8 Å². The number of rotatable bonds is 9. The number of hydrogen-bond donors (Lipinski definition) is 0. The number of thioether (sulfide) groups is 1. The third-order valence-electron chi connectivity index (χ3n) is 4.09. The molecule has 0 saturated carbocycles. The largest absolute Gasteiger partial charge is 0.489 e. The summed E-state index contributed by atoms with van der Waals surface area (Å²) in [5, 5.41) is 0. The van der Waals surface area contributed by atoms with Crippen LogP contribution in [-0.4, -0.2) is 31.4 Å². The molecule has 2 aromatic rings. The zero-order valence-corrected chi connectivity index (χ0v) is 18.6. The number of carbonyl (C=O) groups excluding carboxylic acids is 2. The molecule has 0 radical (unpaired) electrons. The number of esters is 2. The van der Waals surface area contributed by atoms with E-state index < -0.39 is 11.9 Å². The fourth-order valence-corrected chi connectivity index (χ4v) is 3.06. The lowest BCUT2D eigenvalue weighted by atomic mass is 10.0. The van der Waals surface area contributed by atoms with E-state index in [-0.39, 0.29) is 13.2 Å². The minimum Gasteiger partial charge on any atom is -0.489 e. The normalized spacial score (nSPS) is 10.3. The van der Waals surface area contributed by atoms with Crippen molar-refractivity contribution < 1.29 is 23.8 Å². The third kappa shape index (κ3) is 6.26. The molecule has 0 aliphatic rings. The molecule has 0 spiro atoms. The summed E-state index contributed by atoms with van der Waals surface area (Å²) in [6.45, 7) is 12.7. The summed E-state index contributed by atoms with van der Waals surface area (Å²) in [6.07, 6.45) is 1.92. The van der Waals surface area contributed by atoms with Crippen molar-refractivity contribution in [1.82, 2.24) is 0 Å². The van der Waals surface area contributed by atoms with E-state index >= 15 is 0 Å². The molecule has 30 heavy (non-hydrogen) atoms. The lowest BCUT2D eigenvalue weighted by molar-refractivity contribution is -0.139. The molecule has 158 valence electrons. The van der Waals surface area contributed by atoms with Crippen LogP contribution in [0.3, 0.4) is 0 Å². The lowest BCUT2D eigenvalue weighted by Gasteiger charge is -2.15. The molecule has 0 aliphatic heterocycles. The number of carbonyl (C=O) groups is 2. The van der Waals surface area contributed by atoms with Crippen molar-refractivity contribution in [2.24, 2.45) is 0 Å². The Labute approximate surface area is 181 Å². The Kier molecular flexibility index (Phi) is 8.30. The Balaban J connectivity index is 2.24. The van der Waals surface area contributed by atoms with Gasteiger partial charge in [0.25, 0.3) is 0 Å². The fourth-order valence-electron chi connectivity index (χ4n) is 2.50. The van der Waals surface area contributed by atoms with Crippen molar-refractivity contribution in [3.05, 3.63) is 66.3 Å². The average molecular weight is 427 g/mol. The molecule has 0 amide bonds. The molecule has 2 aromatic carbocycles. The van der Waals surface area contributed by atoms with E-state index in [1.165, 1.54) is 11.8 Å². The Morgan fingerprint density at radius 3 is 2.27 bits per heavy atom. The molecule has 0 saturated heterocycles. The van der Waals surface area contributed by atoms with Crippen molar-refractivity contribution >= 4 is 23.7 Å². The highest BCUT2D eigenvalue weighted by atomic mass is 32.2. The number of ether oxygens (including phenoxy) is 3. The maximum atomic E-state index is 11.9. The van der Waals surface area contributed by atoms with E-state index in [9.17, 15) is 9.59 Å². The van der Waals surface area contributed by atoms with E-state index in [0.29, 0.717) is 22.6 Å². The van der Waals surface area contributed by atoms with Crippen LogP contribution in [0.15, 0.2) is 65.6 Å². The van der Waals surface area contributed by atoms with Crippen molar-refractivity contribution in [3.63, 3.8) is 0 Å². The second kappa shape index (κ2) is 10.7. The highest BCUT2D eigenvalue weighted by Crippen LogP contribution is 2.37. The number of hydrogen-bond acceptors (Lipinski definition) is 6. The summed E-state index contributed by atoms with van der Waals surface area (Å²) in [5.41, 5.74) is 3.55. The molecule has 5 nitrogen and oxygen atoms in total. The molecule has 0 N–H and O–H groups in total. The molecule has 2 rings (SSSR count). The van der Waals surface area contributed by atoms with Crippen molar-refractivity contribution in [3.8, 4) is 22.6 Å². The second-order valence-electron chi connectivity index (χ2n) is 6.80. The molecular weight excluding hydrogens is 400 g/mol. The van der Waals surface area contributed by atoms with Crippen molar-refractivity contribution in [2.45, 2.75) is 25.7 Å². The quantitative estimate of drug-likeness (QED) is 0.177. The highest BCUT2D eigenvalue weighted by molar-refractivity contribution is 7.98. The van der Waals surface area contributed by atoms with Gasteiger partial charge in [-0.25, -0.2) is 9.59 Å². The maximum Gasteiger partial charge on any atom is 0.338 e. The molecule has 0 fully saturated rings. The van der Waals surface area contributed by atoms with E-state index in [0.717, 1.165) is 21.6 Å². The van der Waals surface area contributed by atoms with Gasteiger partial charge >= 0.3 is 11.9 Å². The predicted molar refractivity (Wildman–Crippen MR) is 120 cm³/mol. The predicted octanol–water partition coefficient (Wildman–Crippen LogP) is 5.36. The average Bonchev–Trinajstić information content (AvgIpc) is 2.71. The van der Waals surface area contributed by atoms with E-state index in [1.54, 1.807) is 19.9 Å². The Morgan fingerprint density at radius 2 is 1.63 bits per heavy atom. The zero-order chi connectivity index (χ0) is 22.3. The summed E-state index contributed by atoms with van der Waals surface area (Å²) in [5.74, 6) is 0.273. The monoisotopic (exact) mass is 426 g/mol. The van der Waals surface area contributed by atoms with Crippen molar-refractivity contribution in [2.75, 3.05) is 19.5 Å². The summed E-state index contributed by atoms with van der Waals surface area (Å²) >= 11 is 1.48. The maximum absolute atomic E-state index is 11.9. The highest BCUT2D eigenvalue weighted by Gasteiger charge is 2.14. The van der Waals surface area contributed by atoms with Gasteiger partial charge in [-0.15, -0.1) is 11.8 Å². The van der Waals surface area contributed by atoms with Crippen LogP contribution in [0.25, 0.3) is 11.1 Å². The van der Waals surface area contributed by atoms with Crippen LogP contribution in [-0.2, 0) is 14.3 Å². The number of aryl methyl sites for hydroxylation is 1. The molecule has 0 bridgehead atoms. The molecule has 0 unspecified atom stereocenters. The van der Waals surface area contributed by atoms with Crippen molar-refractivity contribution in [1.29, 1.82) is 0 Å². The van der Waals surface area contributed by atoms with Gasteiger partial charge in [-0.2, -0.15) is 0 Å². The third-order valence-corrected chi connectivity index (χ3v) is 4.84. The first-order valence-electron chi connectivity index (χ1n) is 9.35. The van der Waals surface area contributed by atoms with E-state index in [1.807, 2.05) is 43.5 Å². The summed E-state index contributed by atoms with van der Waals surface area (Å²) in [4.78, 5) is 24.2. The van der Waals surface area contributed by atoms with Gasteiger partial charge in [0.15, 0.2) is 0 Å². The van der Waals surface area contributed by atoms with Crippen LogP contribution in [0, 0.1) is 6.92 Å². The standard InChI is InChI=1S/C24H26O5S/c1-15(2)23(25)28-12-11-27-21-13-17(5)7-9-19(21)18-8-10-20(22(14-18)30-6)29-24(26)16(3)4/h7-10,13-14H,1,3,11-12H2,2,4-6H3. The van der Waals surface area contributed by atoms with Crippen LogP contribution in [0.4, 0.5) is 0 Å². The molecule has 0 heterocycles. The molecular formula is C24H26O5S. The van der Waals surface area contributed by atoms with Crippen LogP contribution >= 0.6 is 11.8 Å². The Bertz CT molecular complexity index is 978. The van der Waals surface area contributed by atoms with Gasteiger partial charge < -0.3 is 14.2 Å². The van der Waals surface area contributed by atoms with Gasteiger partial charge in [0.05, 0.1) is 4.90 Å². The van der Waals surface area contributed by atoms with Gasteiger partial charge in [0.2, 0.25) is 0 Å². The molecule has 0 atom stereocenters. The van der Waals surface area contributed by atoms with Gasteiger partial charge in [-0.3, -0.25) is 0 Å². The van der Waals surface area contributed by atoms with Crippen LogP contribution in [0.5, 0.6) is 11.5 Å². The van der Waals surface area contributed by atoms with Gasteiger partial charge in [-0.05, 0) is 56.4 Å². The molecule has 0 aromatic heterocycles. The number of benzene rings is 2. The first-order chi connectivity index (χ1) is 14.2. The van der Waals surface area contributed by atoms with Crippen LogP contribution in [0.2, 0.25) is 0 Å². The lowest BCUT2D eigenvalue weighted by Crippen LogP contribution is -2.12. The Hall–Kier alpha value is -2.99. The fraction of sp³-hybridized carbons (Fsp3) is 0.250. The minimum atomic E-state index is -0.457. The molecule has 0 aliphatic carbocycles. The second-order valence-corrected chi connectivity index (χ2v) is 7.65. The zero-order valence-electron chi connectivity index (χ0n) is 17.7. The first kappa shape index (κ1) is 23.3. The van der Waals surface area contributed by atoms with Gasteiger partial charge in [-0.1, -0.05) is 31.4 Å². The van der Waals surface area contributed by atoms with E-state index in [4.69, 9.17) is 14.2 Å². The molecule has 6 heteroatoms. The van der Waals surface area contributed by atoms with Crippen LogP contribution < -0.4 is 9.47 Å². The van der Waals surface area contributed by atoms with Gasteiger partial charge in [0.1, 0.15) is 24.7 Å². The minimum absolute atomic E-state index is 0.130. The van der Waals surface area contributed by atoms with Gasteiger partial charge in [0, 0.05) is 16.7 Å². The van der Waals surface area contributed by atoms with Crippen LogP contribution in [0.1, 0.15) is 19.4 Å². The summed E-state index contributed by atoms with van der Waals surface area (Å²) < 4.78 is 16.4. The summed E-state index contributed by atoms with van der Waals surface area (Å²) in [7, 11) is 0. The first-order valence-corrected chi connectivity index (χ1v) is 10.6.